The molecule has 0 radical (unpaired) electrons. The van der Waals surface area contributed by atoms with Crippen LogP contribution in [0.15, 0.2) is 24.3 Å². The molecule has 0 aromatic heterocycles. The molecule has 0 amide bonds. The Balaban J connectivity index is 2.02. The fourth-order valence-corrected chi connectivity index (χ4v) is 3.44. The zero-order valence-corrected chi connectivity index (χ0v) is 9.45. The van der Waals surface area contributed by atoms with Gasteiger partial charge in [0, 0.05) is 6.04 Å². The Kier molecular flexibility index (Phi) is 2.28. The van der Waals surface area contributed by atoms with Crippen LogP contribution in [0.3, 0.4) is 0 Å². The molecule has 0 spiro atoms. The summed E-state index contributed by atoms with van der Waals surface area (Å²) in [6.45, 7) is 1.27. The Hall–Kier alpha value is -0.820. The first-order chi connectivity index (χ1) is 7.36. The van der Waals surface area contributed by atoms with Gasteiger partial charge in [0.25, 0.3) is 0 Å². The minimum Gasteiger partial charge on any atom is -0.299 e. The number of fused-ring (bicyclic) bond motifs is 3. The van der Waals surface area contributed by atoms with E-state index in [1.54, 1.807) is 11.1 Å². The van der Waals surface area contributed by atoms with Crippen molar-refractivity contribution in [3.05, 3.63) is 35.4 Å². The van der Waals surface area contributed by atoms with Crippen LogP contribution in [0.1, 0.15) is 36.4 Å². The maximum absolute atomic E-state index is 2.56. The number of hydrogen-bond acceptors (Lipinski definition) is 1. The predicted octanol–water partition coefficient (Wildman–Crippen LogP) is 3.02. The van der Waals surface area contributed by atoms with Gasteiger partial charge in [0.15, 0.2) is 0 Å². The van der Waals surface area contributed by atoms with Gasteiger partial charge in [0.1, 0.15) is 0 Å². The molecule has 2 aliphatic rings. The molecule has 1 saturated heterocycles. The summed E-state index contributed by atoms with van der Waals surface area (Å²) in [5.41, 5.74) is 3.20. The second-order valence-electron chi connectivity index (χ2n) is 5.07. The van der Waals surface area contributed by atoms with Crippen molar-refractivity contribution in [2.24, 2.45) is 5.92 Å². The summed E-state index contributed by atoms with van der Waals surface area (Å²) in [6, 6.07) is 9.75. The topological polar surface area (TPSA) is 3.24 Å². The SMILES string of the molecule is CN1CCC[C@@H]2CCc3ccccc3[C@H]21. The molecule has 1 heteroatoms. The molecule has 0 unspecified atom stereocenters. The van der Waals surface area contributed by atoms with Crippen molar-refractivity contribution in [3.63, 3.8) is 0 Å². The van der Waals surface area contributed by atoms with Crippen LogP contribution in [0.2, 0.25) is 0 Å². The maximum Gasteiger partial charge on any atom is 0.0376 e. The van der Waals surface area contributed by atoms with E-state index in [9.17, 15) is 0 Å². The monoisotopic (exact) mass is 201 g/mol. The molecule has 1 aliphatic heterocycles. The third kappa shape index (κ3) is 1.50. The number of hydrogen-bond donors (Lipinski definition) is 0. The quantitative estimate of drug-likeness (QED) is 0.623. The first kappa shape index (κ1) is 9.41. The molecule has 2 atom stereocenters. The number of benzene rings is 1. The summed E-state index contributed by atoms with van der Waals surface area (Å²) in [7, 11) is 2.29. The van der Waals surface area contributed by atoms with E-state index in [-0.39, 0.29) is 0 Å². The van der Waals surface area contributed by atoms with Gasteiger partial charge >= 0.3 is 0 Å². The summed E-state index contributed by atoms with van der Waals surface area (Å²) in [5.74, 6) is 0.915. The lowest BCUT2D eigenvalue weighted by atomic mass is 9.75. The smallest absolute Gasteiger partial charge is 0.0376 e. The van der Waals surface area contributed by atoms with Crippen molar-refractivity contribution in [3.8, 4) is 0 Å². The van der Waals surface area contributed by atoms with E-state index in [2.05, 4.69) is 36.2 Å². The summed E-state index contributed by atoms with van der Waals surface area (Å²) in [5, 5.41) is 0. The molecule has 80 valence electrons. The first-order valence-electron chi connectivity index (χ1n) is 6.14. The molecule has 1 aliphatic carbocycles. The molecule has 0 saturated carbocycles. The molecular formula is C14H19N. The number of likely N-dealkylation sites (tertiary alicyclic amines) is 1. The lowest BCUT2D eigenvalue weighted by Crippen LogP contribution is -2.38. The van der Waals surface area contributed by atoms with Crippen LogP contribution in [-0.4, -0.2) is 18.5 Å². The first-order valence-corrected chi connectivity index (χ1v) is 6.14. The second kappa shape index (κ2) is 3.64. The number of aryl methyl sites for hydroxylation is 1. The molecule has 15 heavy (non-hydrogen) atoms. The van der Waals surface area contributed by atoms with Crippen molar-refractivity contribution < 1.29 is 0 Å². The highest BCUT2D eigenvalue weighted by molar-refractivity contribution is 5.33. The molecule has 1 fully saturated rings. The third-order valence-electron chi connectivity index (χ3n) is 4.17. The van der Waals surface area contributed by atoms with Crippen LogP contribution in [0.25, 0.3) is 0 Å². The molecule has 3 rings (SSSR count). The van der Waals surface area contributed by atoms with E-state index < -0.39 is 0 Å². The Morgan fingerprint density at radius 1 is 1.20 bits per heavy atom. The summed E-state index contributed by atoms with van der Waals surface area (Å²) < 4.78 is 0. The van der Waals surface area contributed by atoms with Gasteiger partial charge in [-0.2, -0.15) is 0 Å². The minimum atomic E-state index is 0.712. The third-order valence-corrected chi connectivity index (χ3v) is 4.17. The van der Waals surface area contributed by atoms with Crippen LogP contribution in [0.4, 0.5) is 0 Å². The summed E-state index contributed by atoms with van der Waals surface area (Å²) in [6.07, 6.45) is 5.51. The van der Waals surface area contributed by atoms with Crippen molar-refractivity contribution in [2.45, 2.75) is 31.7 Å². The van der Waals surface area contributed by atoms with Crippen LogP contribution < -0.4 is 0 Å². The van der Waals surface area contributed by atoms with Crippen LogP contribution in [0, 0.1) is 5.92 Å². The van der Waals surface area contributed by atoms with Gasteiger partial charge in [-0.15, -0.1) is 0 Å². The average molecular weight is 201 g/mol. The summed E-state index contributed by atoms with van der Waals surface area (Å²) >= 11 is 0. The Labute approximate surface area is 92.1 Å². The molecule has 1 aromatic carbocycles. The van der Waals surface area contributed by atoms with Crippen molar-refractivity contribution in [1.29, 1.82) is 0 Å². The highest BCUT2D eigenvalue weighted by Gasteiger charge is 2.34. The van der Waals surface area contributed by atoms with Gasteiger partial charge in [0.05, 0.1) is 0 Å². The van der Waals surface area contributed by atoms with Crippen molar-refractivity contribution >= 4 is 0 Å². The van der Waals surface area contributed by atoms with E-state index in [1.165, 1.54) is 32.2 Å². The Bertz CT molecular complexity index is 358. The van der Waals surface area contributed by atoms with E-state index in [1.807, 2.05) is 0 Å². The van der Waals surface area contributed by atoms with E-state index in [0.29, 0.717) is 6.04 Å². The van der Waals surface area contributed by atoms with Crippen molar-refractivity contribution in [2.75, 3.05) is 13.6 Å². The molecule has 1 heterocycles. The number of nitrogens with zero attached hydrogens (tertiary/aromatic N) is 1. The summed E-state index contributed by atoms with van der Waals surface area (Å²) in [4.78, 5) is 2.56. The van der Waals surface area contributed by atoms with Gasteiger partial charge in [-0.3, -0.25) is 4.90 Å². The fourth-order valence-electron chi connectivity index (χ4n) is 3.44. The molecule has 1 nitrogen and oxygen atoms in total. The zero-order chi connectivity index (χ0) is 10.3. The lowest BCUT2D eigenvalue weighted by Gasteiger charge is -2.43. The highest BCUT2D eigenvalue weighted by Crippen LogP contribution is 2.42. The van der Waals surface area contributed by atoms with Gasteiger partial charge < -0.3 is 0 Å². The van der Waals surface area contributed by atoms with Gasteiger partial charge in [0.2, 0.25) is 0 Å². The van der Waals surface area contributed by atoms with Crippen LogP contribution in [-0.2, 0) is 6.42 Å². The van der Waals surface area contributed by atoms with Crippen LogP contribution in [0.5, 0.6) is 0 Å². The predicted molar refractivity (Wildman–Crippen MR) is 62.9 cm³/mol. The minimum absolute atomic E-state index is 0.712. The highest BCUT2D eigenvalue weighted by atomic mass is 15.1. The fraction of sp³-hybridized carbons (Fsp3) is 0.571. The van der Waals surface area contributed by atoms with Gasteiger partial charge in [-0.25, -0.2) is 0 Å². The molecule has 1 aromatic rings. The number of rotatable bonds is 0. The molecule has 0 N–H and O–H groups in total. The van der Waals surface area contributed by atoms with E-state index >= 15 is 0 Å². The van der Waals surface area contributed by atoms with E-state index in [0.717, 1.165) is 5.92 Å². The maximum atomic E-state index is 2.56. The molecule has 0 bridgehead atoms. The van der Waals surface area contributed by atoms with Crippen molar-refractivity contribution in [1.82, 2.24) is 4.90 Å². The second-order valence-corrected chi connectivity index (χ2v) is 5.07. The van der Waals surface area contributed by atoms with E-state index in [4.69, 9.17) is 0 Å². The Morgan fingerprint density at radius 3 is 3.00 bits per heavy atom. The number of piperidine rings is 1. The van der Waals surface area contributed by atoms with Gasteiger partial charge in [-0.1, -0.05) is 24.3 Å². The molecular weight excluding hydrogens is 182 g/mol. The van der Waals surface area contributed by atoms with Gasteiger partial charge in [-0.05, 0) is 56.3 Å². The Morgan fingerprint density at radius 2 is 2.07 bits per heavy atom. The average Bonchev–Trinajstić information content (AvgIpc) is 2.29. The standard InChI is InChI=1S/C14H19N/c1-15-10-4-6-12-9-8-11-5-2-3-7-13(11)14(12)15/h2-3,5,7,12,14H,4,6,8-10H2,1H3/t12-,14+/m1/s1. The van der Waals surface area contributed by atoms with Crippen LogP contribution >= 0.6 is 0 Å². The largest absolute Gasteiger partial charge is 0.299 e. The zero-order valence-electron chi connectivity index (χ0n) is 9.45. The lowest BCUT2D eigenvalue weighted by molar-refractivity contribution is 0.106. The normalized spacial score (nSPS) is 30.7.